The molecule has 0 amide bonds. The molecular weight excluding hydrogens is 292 g/mol. The smallest absolute Gasteiger partial charge is 0.211 e. The van der Waals surface area contributed by atoms with Crippen molar-refractivity contribution < 1.29 is 4.42 Å². The first-order valence-corrected chi connectivity index (χ1v) is 6.83. The van der Waals surface area contributed by atoms with Crippen LogP contribution in [0.5, 0.6) is 0 Å². The Bertz CT molecular complexity index is 505. The molecule has 1 atom stereocenters. The van der Waals surface area contributed by atoms with Gasteiger partial charge in [0, 0.05) is 10.0 Å². The Balaban J connectivity index is 2.17. The van der Waals surface area contributed by atoms with Gasteiger partial charge in [-0.3, -0.25) is 0 Å². The minimum atomic E-state index is -0.130. The quantitative estimate of drug-likeness (QED) is 0.923. The maximum atomic E-state index is 6.05. The van der Waals surface area contributed by atoms with Crippen molar-refractivity contribution in [2.75, 3.05) is 0 Å². The summed E-state index contributed by atoms with van der Waals surface area (Å²) in [6, 6.07) is 7.80. The molecular formula is C14H17BrN2O. The molecule has 0 aliphatic rings. The van der Waals surface area contributed by atoms with E-state index in [9.17, 15) is 0 Å². The number of rotatable bonds is 4. The van der Waals surface area contributed by atoms with Crippen LogP contribution in [0.15, 0.2) is 39.4 Å². The number of nitrogens with two attached hydrogens (primary N) is 1. The highest BCUT2D eigenvalue weighted by molar-refractivity contribution is 9.10. The third-order valence-electron chi connectivity index (χ3n) is 2.69. The molecule has 0 radical (unpaired) electrons. The van der Waals surface area contributed by atoms with Crippen LogP contribution in [0.25, 0.3) is 11.3 Å². The van der Waals surface area contributed by atoms with Gasteiger partial charge in [-0.2, -0.15) is 0 Å². The molecule has 0 fully saturated rings. The van der Waals surface area contributed by atoms with Crippen LogP contribution in [0.3, 0.4) is 0 Å². The highest BCUT2D eigenvalue weighted by Crippen LogP contribution is 2.25. The first kappa shape index (κ1) is 13.3. The number of hydrogen-bond acceptors (Lipinski definition) is 3. The van der Waals surface area contributed by atoms with Gasteiger partial charge in [-0.05, 0) is 24.5 Å². The molecule has 2 aromatic rings. The summed E-state index contributed by atoms with van der Waals surface area (Å²) in [6.07, 6.45) is 2.61. The van der Waals surface area contributed by atoms with E-state index in [1.807, 2.05) is 24.3 Å². The van der Waals surface area contributed by atoms with E-state index in [0.29, 0.717) is 11.8 Å². The van der Waals surface area contributed by atoms with Crippen LogP contribution in [0.2, 0.25) is 0 Å². The second-order valence-electron chi connectivity index (χ2n) is 4.81. The van der Waals surface area contributed by atoms with Gasteiger partial charge in [-0.1, -0.05) is 41.9 Å². The Morgan fingerprint density at radius 1 is 1.28 bits per heavy atom. The van der Waals surface area contributed by atoms with E-state index in [1.54, 1.807) is 6.20 Å². The number of benzene rings is 1. The highest BCUT2D eigenvalue weighted by atomic mass is 79.9. The molecule has 2 rings (SSSR count). The summed E-state index contributed by atoms with van der Waals surface area (Å²) in [5, 5.41) is 0. The summed E-state index contributed by atoms with van der Waals surface area (Å²) in [5.74, 6) is 1.90. The Morgan fingerprint density at radius 2 is 1.94 bits per heavy atom. The monoisotopic (exact) mass is 308 g/mol. The maximum absolute atomic E-state index is 6.05. The van der Waals surface area contributed by atoms with E-state index in [-0.39, 0.29) is 6.04 Å². The lowest BCUT2D eigenvalue weighted by atomic mass is 10.0. The normalized spacial score (nSPS) is 12.9. The summed E-state index contributed by atoms with van der Waals surface area (Å²) in [5.41, 5.74) is 7.06. The van der Waals surface area contributed by atoms with Gasteiger partial charge in [0.05, 0.1) is 12.2 Å². The Morgan fingerprint density at radius 3 is 2.56 bits per heavy atom. The first-order chi connectivity index (χ1) is 8.56. The van der Waals surface area contributed by atoms with Crippen molar-refractivity contribution in [2.24, 2.45) is 11.7 Å². The van der Waals surface area contributed by atoms with E-state index < -0.39 is 0 Å². The van der Waals surface area contributed by atoms with Gasteiger partial charge in [0.2, 0.25) is 5.89 Å². The summed E-state index contributed by atoms with van der Waals surface area (Å²) in [4.78, 5) is 4.26. The number of aromatic nitrogens is 1. The van der Waals surface area contributed by atoms with Gasteiger partial charge in [-0.15, -0.1) is 0 Å². The highest BCUT2D eigenvalue weighted by Gasteiger charge is 2.15. The maximum Gasteiger partial charge on any atom is 0.211 e. The molecule has 4 heteroatoms. The molecule has 3 nitrogen and oxygen atoms in total. The lowest BCUT2D eigenvalue weighted by Crippen LogP contribution is -2.13. The predicted molar refractivity (Wildman–Crippen MR) is 76.0 cm³/mol. The summed E-state index contributed by atoms with van der Waals surface area (Å²) in [7, 11) is 0. The molecule has 0 bridgehead atoms. The minimum absolute atomic E-state index is 0.130. The summed E-state index contributed by atoms with van der Waals surface area (Å²) >= 11 is 3.41. The molecule has 0 spiro atoms. The van der Waals surface area contributed by atoms with Crippen LogP contribution in [-0.2, 0) is 0 Å². The van der Waals surface area contributed by atoms with Gasteiger partial charge in [0.15, 0.2) is 5.76 Å². The van der Waals surface area contributed by atoms with Crippen molar-refractivity contribution in [1.29, 1.82) is 0 Å². The van der Waals surface area contributed by atoms with E-state index in [1.165, 1.54) is 0 Å². The van der Waals surface area contributed by atoms with Gasteiger partial charge >= 0.3 is 0 Å². The van der Waals surface area contributed by atoms with E-state index >= 15 is 0 Å². The second-order valence-corrected chi connectivity index (χ2v) is 5.72. The number of hydrogen-bond donors (Lipinski definition) is 1. The van der Waals surface area contributed by atoms with Crippen molar-refractivity contribution >= 4 is 15.9 Å². The average Bonchev–Trinajstić information content (AvgIpc) is 2.78. The van der Waals surface area contributed by atoms with Crippen LogP contribution >= 0.6 is 15.9 Å². The number of halogens is 1. The molecule has 0 saturated heterocycles. The van der Waals surface area contributed by atoms with Crippen molar-refractivity contribution in [3.05, 3.63) is 40.8 Å². The zero-order chi connectivity index (χ0) is 13.1. The lowest BCUT2D eigenvalue weighted by Gasteiger charge is -2.09. The number of nitrogens with zero attached hydrogens (tertiary/aromatic N) is 1. The fourth-order valence-electron chi connectivity index (χ4n) is 1.82. The van der Waals surface area contributed by atoms with Gasteiger partial charge in [0.25, 0.3) is 0 Å². The molecule has 18 heavy (non-hydrogen) atoms. The van der Waals surface area contributed by atoms with E-state index in [0.717, 1.165) is 22.2 Å². The van der Waals surface area contributed by atoms with Crippen LogP contribution in [0.4, 0.5) is 0 Å². The Hall–Kier alpha value is -1.13. The van der Waals surface area contributed by atoms with Crippen LogP contribution < -0.4 is 5.73 Å². The summed E-state index contributed by atoms with van der Waals surface area (Å²) in [6.45, 7) is 4.27. The molecule has 0 aliphatic carbocycles. The average molecular weight is 309 g/mol. The lowest BCUT2D eigenvalue weighted by molar-refractivity contribution is 0.408. The molecule has 0 aliphatic heterocycles. The minimum Gasteiger partial charge on any atom is -0.439 e. The number of oxazole rings is 1. The Labute approximate surface area is 116 Å². The molecule has 1 unspecified atom stereocenters. The molecule has 1 heterocycles. The van der Waals surface area contributed by atoms with Crippen LogP contribution in [0.1, 0.15) is 32.2 Å². The standard InChI is InChI=1S/C14H17BrN2O/c1-9(2)7-12(16)14-17-8-13(18-14)10-3-5-11(15)6-4-10/h3-6,8-9,12H,7,16H2,1-2H3. The fourth-order valence-corrected chi connectivity index (χ4v) is 2.08. The van der Waals surface area contributed by atoms with E-state index in [2.05, 4.69) is 34.8 Å². The SMILES string of the molecule is CC(C)CC(N)c1ncc(-c2ccc(Br)cc2)o1. The first-order valence-electron chi connectivity index (χ1n) is 6.03. The van der Waals surface area contributed by atoms with Gasteiger partial charge in [-0.25, -0.2) is 4.98 Å². The van der Waals surface area contributed by atoms with Crippen molar-refractivity contribution in [3.8, 4) is 11.3 Å². The van der Waals surface area contributed by atoms with Crippen molar-refractivity contribution in [2.45, 2.75) is 26.3 Å². The van der Waals surface area contributed by atoms with Crippen LogP contribution in [-0.4, -0.2) is 4.98 Å². The summed E-state index contributed by atoms with van der Waals surface area (Å²) < 4.78 is 6.76. The van der Waals surface area contributed by atoms with Crippen molar-refractivity contribution in [1.82, 2.24) is 4.98 Å². The molecule has 1 aromatic heterocycles. The molecule has 96 valence electrons. The van der Waals surface area contributed by atoms with Gasteiger partial charge < -0.3 is 10.2 Å². The van der Waals surface area contributed by atoms with Crippen LogP contribution in [0, 0.1) is 5.92 Å². The zero-order valence-corrected chi connectivity index (χ0v) is 12.1. The second kappa shape index (κ2) is 5.67. The van der Waals surface area contributed by atoms with E-state index in [4.69, 9.17) is 10.2 Å². The molecule has 2 N–H and O–H groups in total. The fraction of sp³-hybridized carbons (Fsp3) is 0.357. The largest absolute Gasteiger partial charge is 0.439 e. The topological polar surface area (TPSA) is 52.0 Å². The van der Waals surface area contributed by atoms with Crippen molar-refractivity contribution in [3.63, 3.8) is 0 Å². The third-order valence-corrected chi connectivity index (χ3v) is 3.22. The predicted octanol–water partition coefficient (Wildman–Crippen LogP) is 4.15. The molecule has 0 saturated carbocycles. The Kier molecular flexibility index (Phi) is 4.19. The van der Waals surface area contributed by atoms with Gasteiger partial charge in [0.1, 0.15) is 0 Å². The molecule has 1 aromatic carbocycles. The zero-order valence-electron chi connectivity index (χ0n) is 10.6. The third kappa shape index (κ3) is 3.21.